The van der Waals surface area contributed by atoms with Crippen LogP contribution in [0.25, 0.3) is 20.2 Å². The molecular weight excluding hydrogens is 520 g/mol. The average molecular weight is 549 g/mol. The fraction of sp³-hybridized carbons (Fsp3) is 0.0270. The SMILES string of the molecule is COc1cc(N(c2ccccc2)c2ccccc2)cc(N(c2ccccc2)c2cccc3c2sc2ccccc23)c1. The van der Waals surface area contributed by atoms with Crippen LogP contribution < -0.4 is 14.5 Å². The third-order valence-electron chi connectivity index (χ3n) is 7.30. The Hall–Kier alpha value is -5.06. The van der Waals surface area contributed by atoms with Crippen LogP contribution in [0.1, 0.15) is 0 Å². The lowest BCUT2D eigenvalue weighted by Crippen LogP contribution is -2.13. The molecule has 0 unspecified atom stereocenters. The Kier molecular flexibility index (Phi) is 6.59. The lowest BCUT2D eigenvalue weighted by Gasteiger charge is -2.30. The largest absolute Gasteiger partial charge is 0.497 e. The summed E-state index contributed by atoms with van der Waals surface area (Å²) in [7, 11) is 1.73. The van der Waals surface area contributed by atoms with Gasteiger partial charge in [0.2, 0.25) is 0 Å². The first kappa shape index (κ1) is 24.9. The van der Waals surface area contributed by atoms with Crippen LogP contribution in [0, 0.1) is 0 Å². The summed E-state index contributed by atoms with van der Waals surface area (Å²) < 4.78 is 8.46. The van der Waals surface area contributed by atoms with Gasteiger partial charge in [-0.1, -0.05) is 84.9 Å². The van der Waals surface area contributed by atoms with Crippen LogP contribution in [-0.4, -0.2) is 7.11 Å². The zero-order valence-electron chi connectivity index (χ0n) is 22.6. The number of rotatable bonds is 7. The van der Waals surface area contributed by atoms with E-state index in [2.05, 4.69) is 149 Å². The molecule has 0 radical (unpaired) electrons. The summed E-state index contributed by atoms with van der Waals surface area (Å²) in [5.74, 6) is 0.791. The molecule has 0 bridgehead atoms. The van der Waals surface area contributed by atoms with Crippen LogP contribution in [0.3, 0.4) is 0 Å². The number of hydrogen-bond acceptors (Lipinski definition) is 4. The molecule has 0 saturated carbocycles. The predicted octanol–water partition coefficient (Wildman–Crippen LogP) is 11.0. The van der Waals surface area contributed by atoms with Gasteiger partial charge in [-0.05, 0) is 54.6 Å². The van der Waals surface area contributed by atoms with Crippen LogP contribution in [0.5, 0.6) is 5.75 Å². The second kappa shape index (κ2) is 10.8. The summed E-state index contributed by atoms with van der Waals surface area (Å²) in [5, 5.41) is 2.55. The molecule has 7 aromatic rings. The molecule has 0 aliphatic rings. The van der Waals surface area contributed by atoms with Crippen LogP contribution >= 0.6 is 11.3 Å². The van der Waals surface area contributed by atoms with Gasteiger partial charge >= 0.3 is 0 Å². The number of fused-ring (bicyclic) bond motifs is 3. The highest BCUT2D eigenvalue weighted by atomic mass is 32.1. The molecule has 1 aromatic heterocycles. The number of para-hydroxylation sites is 3. The Labute approximate surface area is 244 Å². The smallest absolute Gasteiger partial charge is 0.123 e. The third-order valence-corrected chi connectivity index (χ3v) is 8.50. The van der Waals surface area contributed by atoms with Crippen molar-refractivity contribution in [1.29, 1.82) is 0 Å². The van der Waals surface area contributed by atoms with Crippen molar-refractivity contribution in [1.82, 2.24) is 0 Å². The van der Waals surface area contributed by atoms with E-state index >= 15 is 0 Å². The molecule has 3 nitrogen and oxygen atoms in total. The average Bonchev–Trinajstić information content (AvgIpc) is 3.42. The van der Waals surface area contributed by atoms with E-state index < -0.39 is 0 Å². The van der Waals surface area contributed by atoms with Gasteiger partial charge in [-0.2, -0.15) is 0 Å². The second-order valence-electron chi connectivity index (χ2n) is 9.82. The van der Waals surface area contributed by atoms with Crippen molar-refractivity contribution in [3.8, 4) is 5.75 Å². The summed E-state index contributed by atoms with van der Waals surface area (Å²) in [4.78, 5) is 4.62. The van der Waals surface area contributed by atoms with Gasteiger partial charge in [0, 0.05) is 44.7 Å². The first-order chi connectivity index (χ1) is 20.3. The second-order valence-corrected chi connectivity index (χ2v) is 10.9. The van der Waals surface area contributed by atoms with Crippen LogP contribution in [-0.2, 0) is 0 Å². The van der Waals surface area contributed by atoms with Crippen molar-refractivity contribution in [2.45, 2.75) is 0 Å². The Morgan fingerprint density at radius 3 is 1.59 bits per heavy atom. The van der Waals surface area contributed by atoms with Crippen molar-refractivity contribution in [2.24, 2.45) is 0 Å². The highest BCUT2D eigenvalue weighted by Gasteiger charge is 2.21. The van der Waals surface area contributed by atoms with E-state index in [1.807, 2.05) is 23.5 Å². The lowest BCUT2D eigenvalue weighted by molar-refractivity contribution is 0.415. The van der Waals surface area contributed by atoms with E-state index in [9.17, 15) is 0 Å². The number of methoxy groups -OCH3 is 1. The van der Waals surface area contributed by atoms with Crippen molar-refractivity contribution < 1.29 is 4.74 Å². The summed E-state index contributed by atoms with van der Waals surface area (Å²) in [6, 6.07) is 53.3. The topological polar surface area (TPSA) is 15.7 Å². The number of ether oxygens (including phenoxy) is 1. The first-order valence-electron chi connectivity index (χ1n) is 13.6. The molecule has 0 atom stereocenters. The molecule has 41 heavy (non-hydrogen) atoms. The standard InChI is InChI=1S/C37H28N2OS/c1-40-32-25-30(38(27-14-5-2-6-15-27)28-16-7-3-8-17-28)24-31(26-32)39(29-18-9-4-10-19-29)35-22-13-21-34-33-20-11-12-23-36(33)41-37(34)35/h2-26H,1H3. The molecule has 0 fully saturated rings. The minimum atomic E-state index is 0.791. The fourth-order valence-corrected chi connectivity index (χ4v) is 6.66. The third kappa shape index (κ3) is 4.69. The van der Waals surface area contributed by atoms with Crippen molar-refractivity contribution in [3.63, 3.8) is 0 Å². The molecule has 0 aliphatic carbocycles. The van der Waals surface area contributed by atoms with E-state index in [-0.39, 0.29) is 0 Å². The molecule has 0 N–H and O–H groups in total. The Morgan fingerprint density at radius 2 is 0.976 bits per heavy atom. The van der Waals surface area contributed by atoms with Gasteiger partial charge in [-0.15, -0.1) is 11.3 Å². The number of nitrogens with zero attached hydrogens (tertiary/aromatic N) is 2. The van der Waals surface area contributed by atoms with Gasteiger partial charge in [0.15, 0.2) is 0 Å². The zero-order valence-corrected chi connectivity index (χ0v) is 23.5. The monoisotopic (exact) mass is 548 g/mol. The highest BCUT2D eigenvalue weighted by molar-refractivity contribution is 7.26. The number of hydrogen-bond donors (Lipinski definition) is 0. The maximum atomic E-state index is 5.92. The number of thiophene rings is 1. The van der Waals surface area contributed by atoms with Gasteiger partial charge in [-0.25, -0.2) is 0 Å². The first-order valence-corrected chi connectivity index (χ1v) is 14.5. The van der Waals surface area contributed by atoms with E-state index in [4.69, 9.17) is 4.74 Å². The maximum Gasteiger partial charge on any atom is 0.123 e. The molecule has 198 valence electrons. The summed E-state index contributed by atoms with van der Waals surface area (Å²) in [5.41, 5.74) is 6.42. The van der Waals surface area contributed by atoms with E-state index in [1.54, 1.807) is 7.11 Å². The molecule has 4 heteroatoms. The van der Waals surface area contributed by atoms with Crippen molar-refractivity contribution in [3.05, 3.63) is 152 Å². The Bertz CT molecular complexity index is 1900. The Morgan fingerprint density at radius 1 is 0.463 bits per heavy atom. The molecule has 0 amide bonds. The van der Waals surface area contributed by atoms with Crippen LogP contribution in [0.4, 0.5) is 34.1 Å². The van der Waals surface area contributed by atoms with Crippen molar-refractivity contribution >= 4 is 65.6 Å². The van der Waals surface area contributed by atoms with E-state index in [0.717, 1.165) is 39.9 Å². The van der Waals surface area contributed by atoms with Gasteiger partial charge in [-0.3, -0.25) is 0 Å². The van der Waals surface area contributed by atoms with Gasteiger partial charge < -0.3 is 14.5 Å². The summed E-state index contributed by atoms with van der Waals surface area (Å²) in [6.45, 7) is 0. The molecule has 0 saturated heterocycles. The fourth-order valence-electron chi connectivity index (χ4n) is 5.46. The molecule has 7 rings (SSSR count). The van der Waals surface area contributed by atoms with Gasteiger partial charge in [0.1, 0.15) is 5.75 Å². The highest BCUT2D eigenvalue weighted by Crippen LogP contribution is 2.47. The van der Waals surface area contributed by atoms with E-state index in [1.165, 1.54) is 20.2 Å². The molecule has 1 heterocycles. The lowest BCUT2D eigenvalue weighted by atomic mass is 10.1. The normalized spacial score (nSPS) is 11.0. The van der Waals surface area contributed by atoms with Crippen molar-refractivity contribution in [2.75, 3.05) is 16.9 Å². The molecule has 6 aromatic carbocycles. The molecule has 0 spiro atoms. The zero-order chi connectivity index (χ0) is 27.6. The number of benzene rings is 6. The summed E-state index contributed by atoms with van der Waals surface area (Å²) in [6.07, 6.45) is 0. The predicted molar refractivity (Wildman–Crippen MR) is 175 cm³/mol. The minimum Gasteiger partial charge on any atom is -0.497 e. The number of anilines is 6. The molecular formula is C37H28N2OS. The maximum absolute atomic E-state index is 5.92. The molecule has 0 aliphatic heterocycles. The van der Waals surface area contributed by atoms with E-state index in [0.29, 0.717) is 0 Å². The summed E-state index contributed by atoms with van der Waals surface area (Å²) >= 11 is 1.84. The van der Waals surface area contributed by atoms with Crippen LogP contribution in [0.2, 0.25) is 0 Å². The Balaban J connectivity index is 1.48. The minimum absolute atomic E-state index is 0.791. The van der Waals surface area contributed by atoms with Crippen LogP contribution in [0.15, 0.2) is 152 Å². The van der Waals surface area contributed by atoms with Gasteiger partial charge in [0.25, 0.3) is 0 Å². The quantitative estimate of drug-likeness (QED) is 0.197. The van der Waals surface area contributed by atoms with Gasteiger partial charge in [0.05, 0.1) is 28.9 Å².